The molecule has 1 aromatic heterocycles. The molecule has 2 atom stereocenters. The van der Waals surface area contributed by atoms with E-state index in [4.69, 9.17) is 5.73 Å². The van der Waals surface area contributed by atoms with Gasteiger partial charge in [0.1, 0.15) is 5.69 Å². The molecule has 0 radical (unpaired) electrons. The molecular weight excluding hydrogens is 496 g/mol. The third kappa shape index (κ3) is 8.21. The number of benzene rings is 1. The number of fused-ring (bicyclic) bond motifs is 1. The molecule has 0 bridgehead atoms. The molecule has 180 valence electrons. The van der Waals surface area contributed by atoms with Crippen molar-refractivity contribution in [2.24, 2.45) is 0 Å². The maximum Gasteiger partial charge on any atom is 1.00 e. The first-order valence-corrected chi connectivity index (χ1v) is 10.1. The molecule has 36 heavy (non-hydrogen) atoms. The Bertz CT molecular complexity index is 1160. The van der Waals surface area contributed by atoms with Gasteiger partial charge in [-0.2, -0.15) is 4.98 Å². The zero-order chi connectivity index (χ0) is 24.8. The molecule has 14 nitrogen and oxygen atoms in total. The van der Waals surface area contributed by atoms with Crippen molar-refractivity contribution in [2.45, 2.75) is 24.9 Å². The van der Waals surface area contributed by atoms with E-state index in [1.807, 2.05) is 0 Å². The molecule has 1 aromatic carbocycles. The number of aromatic amines is 1. The minimum Gasteiger partial charge on any atom is -0.550 e. The Balaban J connectivity index is 0.00000324. The second kappa shape index (κ2) is 14.2. The van der Waals surface area contributed by atoms with Gasteiger partial charge >= 0.3 is 59.1 Å². The summed E-state index contributed by atoms with van der Waals surface area (Å²) in [4.78, 5) is 65.5. The molecule has 1 aliphatic heterocycles. The SMILES string of the molecule is Nc1nc2c(c(=O)[nH]1)NC(CN(C=O)c1ccc(C(=O)N[C@H](CCC(=O)[O-])C(=O)[O-])cc1)CN2.[Na+].[Na+]. The fourth-order valence-electron chi connectivity index (χ4n) is 3.34. The molecule has 3 rings (SSSR count). The molecule has 2 heterocycles. The first-order valence-electron chi connectivity index (χ1n) is 10.1. The van der Waals surface area contributed by atoms with Gasteiger partial charge in [-0.1, -0.05) is 0 Å². The fourth-order valence-corrected chi connectivity index (χ4v) is 3.34. The number of anilines is 4. The number of nitrogen functional groups attached to an aromatic ring is 1. The van der Waals surface area contributed by atoms with E-state index in [2.05, 4.69) is 25.9 Å². The first-order chi connectivity index (χ1) is 16.2. The summed E-state index contributed by atoms with van der Waals surface area (Å²) in [5.74, 6) is -3.54. The topological polar surface area (TPSA) is 225 Å². The number of nitrogens with two attached hydrogens (primary N) is 1. The normalized spacial score (nSPS) is 14.3. The number of nitrogens with one attached hydrogen (secondary N) is 4. The molecular formula is C20H21N7Na2O7. The predicted molar refractivity (Wildman–Crippen MR) is 116 cm³/mol. The Morgan fingerprint density at radius 2 is 1.89 bits per heavy atom. The number of aromatic nitrogens is 2. The van der Waals surface area contributed by atoms with Crippen molar-refractivity contribution in [3.05, 3.63) is 40.2 Å². The molecule has 0 fully saturated rings. The van der Waals surface area contributed by atoms with Crippen LogP contribution < -0.4 is 101 Å². The largest absolute Gasteiger partial charge is 1.00 e. The summed E-state index contributed by atoms with van der Waals surface area (Å²) in [6, 6.07) is 3.88. The van der Waals surface area contributed by atoms with Crippen LogP contribution in [0.2, 0.25) is 0 Å². The minimum absolute atomic E-state index is 0. The van der Waals surface area contributed by atoms with Crippen LogP contribution in [0.25, 0.3) is 0 Å². The maximum absolute atomic E-state index is 12.3. The van der Waals surface area contributed by atoms with Crippen molar-refractivity contribution in [3.63, 3.8) is 0 Å². The van der Waals surface area contributed by atoms with Gasteiger partial charge in [-0.25, -0.2) is 0 Å². The zero-order valence-electron chi connectivity index (χ0n) is 19.7. The Labute approximate surface area is 249 Å². The Hall–Kier alpha value is -2.62. The van der Waals surface area contributed by atoms with Gasteiger partial charge in [-0.15, -0.1) is 0 Å². The van der Waals surface area contributed by atoms with Crippen LogP contribution in [-0.4, -0.2) is 59.4 Å². The average Bonchev–Trinajstić information content (AvgIpc) is 2.80. The molecule has 1 unspecified atom stereocenters. The maximum atomic E-state index is 12.3. The summed E-state index contributed by atoms with van der Waals surface area (Å²) >= 11 is 0. The van der Waals surface area contributed by atoms with E-state index in [0.29, 0.717) is 24.5 Å². The number of carboxylic acids is 2. The van der Waals surface area contributed by atoms with Crippen LogP contribution in [0.5, 0.6) is 0 Å². The molecule has 2 aromatic rings. The number of hydrogen-bond acceptors (Lipinski definition) is 11. The van der Waals surface area contributed by atoms with Crippen molar-refractivity contribution >= 4 is 47.4 Å². The molecule has 0 saturated carbocycles. The van der Waals surface area contributed by atoms with Crippen LogP contribution in [0, 0.1) is 0 Å². The van der Waals surface area contributed by atoms with E-state index < -0.39 is 35.9 Å². The molecule has 16 heteroatoms. The number of hydrogen-bond donors (Lipinski definition) is 5. The number of rotatable bonds is 10. The summed E-state index contributed by atoms with van der Waals surface area (Å²) in [6.45, 7) is 0.519. The molecule has 0 saturated heterocycles. The summed E-state index contributed by atoms with van der Waals surface area (Å²) in [7, 11) is 0. The van der Waals surface area contributed by atoms with Crippen LogP contribution >= 0.6 is 0 Å². The van der Waals surface area contributed by atoms with E-state index in [-0.39, 0.29) is 95.3 Å². The summed E-state index contributed by atoms with van der Waals surface area (Å²) in [5.41, 5.74) is 5.80. The van der Waals surface area contributed by atoms with E-state index >= 15 is 0 Å². The van der Waals surface area contributed by atoms with Gasteiger partial charge in [0.15, 0.2) is 5.82 Å². The Morgan fingerprint density at radius 3 is 2.47 bits per heavy atom. The van der Waals surface area contributed by atoms with Gasteiger partial charge in [0.05, 0.1) is 18.1 Å². The predicted octanol–water partition coefficient (Wildman–Crippen LogP) is -9.39. The number of H-pyrrole nitrogens is 1. The Kier molecular flexibility index (Phi) is 12.4. The van der Waals surface area contributed by atoms with Crippen LogP contribution in [0.4, 0.5) is 23.1 Å². The number of aliphatic carboxylic acids is 2. The van der Waals surface area contributed by atoms with E-state index in [0.717, 1.165) is 0 Å². The van der Waals surface area contributed by atoms with Crippen molar-refractivity contribution in [1.29, 1.82) is 0 Å². The first kappa shape index (κ1) is 31.4. The second-order valence-corrected chi connectivity index (χ2v) is 7.46. The summed E-state index contributed by atoms with van der Waals surface area (Å²) in [5, 5.41) is 29.9. The molecule has 1 aliphatic rings. The second-order valence-electron chi connectivity index (χ2n) is 7.46. The van der Waals surface area contributed by atoms with Crippen molar-refractivity contribution in [3.8, 4) is 0 Å². The zero-order valence-corrected chi connectivity index (χ0v) is 23.7. The van der Waals surface area contributed by atoms with Gasteiger partial charge in [-0.05, 0) is 37.1 Å². The van der Waals surface area contributed by atoms with Gasteiger partial charge in [0.2, 0.25) is 12.4 Å². The quantitative estimate of drug-likeness (QED) is 0.147. The van der Waals surface area contributed by atoms with Crippen molar-refractivity contribution in [2.75, 3.05) is 34.4 Å². The molecule has 0 spiro atoms. The van der Waals surface area contributed by atoms with Crippen LogP contribution in [0.15, 0.2) is 29.1 Å². The van der Waals surface area contributed by atoms with Gasteiger partial charge in [-0.3, -0.25) is 19.4 Å². The molecule has 2 amide bonds. The number of carbonyl (C=O) groups excluding carboxylic acids is 4. The van der Waals surface area contributed by atoms with E-state index in [9.17, 15) is 34.2 Å². The smallest absolute Gasteiger partial charge is 0.550 e. The van der Waals surface area contributed by atoms with Crippen LogP contribution in [0.3, 0.4) is 0 Å². The Morgan fingerprint density at radius 1 is 1.22 bits per heavy atom. The van der Waals surface area contributed by atoms with Gasteiger partial charge in [0, 0.05) is 30.3 Å². The van der Waals surface area contributed by atoms with Crippen LogP contribution in [0.1, 0.15) is 23.2 Å². The summed E-state index contributed by atoms with van der Waals surface area (Å²) in [6.07, 6.45) is -0.357. The molecule has 0 aliphatic carbocycles. The van der Waals surface area contributed by atoms with Crippen LogP contribution in [-0.2, 0) is 14.4 Å². The minimum atomic E-state index is -1.62. The van der Waals surface area contributed by atoms with E-state index in [1.54, 1.807) is 0 Å². The number of nitrogens with zero attached hydrogens (tertiary/aromatic N) is 2. The average molecular weight is 517 g/mol. The fraction of sp³-hybridized carbons (Fsp3) is 0.300. The van der Waals surface area contributed by atoms with Gasteiger partial charge in [0.25, 0.3) is 11.5 Å². The number of amides is 2. The van der Waals surface area contributed by atoms with Gasteiger partial charge < -0.3 is 46.4 Å². The van der Waals surface area contributed by atoms with E-state index in [1.165, 1.54) is 29.2 Å². The monoisotopic (exact) mass is 517 g/mol. The standard InChI is InChI=1S/C20H23N7O7.2Na/c21-20-25-16-15(18(32)26-20)23-11(7-22-16)8-27(9-28)12-3-1-10(2-4-12)17(31)24-13(19(33)34)5-6-14(29)30;;/h1-4,9,11,13,23H,5-8H2,(H,24,31)(H,29,30)(H,33,34)(H4,21,22,25,26,32);;/q;2*+1/p-2/t11?,13-;;/m1../s1. The third-order valence-corrected chi connectivity index (χ3v) is 5.03. The number of carboxylic acid groups (broad SMARTS) is 2. The third-order valence-electron chi connectivity index (χ3n) is 5.03. The van der Waals surface area contributed by atoms with Crippen molar-refractivity contribution < 1.29 is 88.5 Å². The summed E-state index contributed by atoms with van der Waals surface area (Å²) < 4.78 is 0. The van der Waals surface area contributed by atoms with Crippen molar-refractivity contribution in [1.82, 2.24) is 15.3 Å². The number of carbonyl (C=O) groups is 4. The molecule has 6 N–H and O–H groups in total.